The highest BCUT2D eigenvalue weighted by atomic mass is 16.1. The highest BCUT2D eigenvalue weighted by Crippen LogP contribution is 2.16. The van der Waals surface area contributed by atoms with Crippen LogP contribution in [0.4, 0.5) is 5.69 Å². The molecule has 0 unspecified atom stereocenters. The Kier molecular flexibility index (Phi) is 6.37. The Morgan fingerprint density at radius 1 is 1.00 bits per heavy atom. The summed E-state index contributed by atoms with van der Waals surface area (Å²) in [5, 5.41) is 7.33. The van der Waals surface area contributed by atoms with Gasteiger partial charge < -0.3 is 5.32 Å². The lowest BCUT2D eigenvalue weighted by Crippen LogP contribution is -2.23. The Labute approximate surface area is 165 Å². The summed E-state index contributed by atoms with van der Waals surface area (Å²) in [6.45, 7) is 4.53. The number of nitrogens with one attached hydrogen (secondary N) is 1. The van der Waals surface area contributed by atoms with Crippen molar-refractivity contribution in [3.05, 3.63) is 82.1 Å². The van der Waals surface area contributed by atoms with Gasteiger partial charge in [0.15, 0.2) is 0 Å². The lowest BCUT2D eigenvalue weighted by atomic mass is 10.1. The first-order valence-corrected chi connectivity index (χ1v) is 9.59. The topological polar surface area (TPSA) is 64.0 Å². The number of carbonyl (C=O) groups excluding carboxylic acids is 1. The Morgan fingerprint density at radius 2 is 1.71 bits per heavy atom. The zero-order valence-corrected chi connectivity index (χ0v) is 16.3. The Bertz CT molecular complexity index is 990. The number of carbonyl (C=O) groups is 1. The number of rotatable bonds is 7. The molecule has 1 aromatic heterocycles. The van der Waals surface area contributed by atoms with Crippen LogP contribution < -0.4 is 10.9 Å². The third-order valence-corrected chi connectivity index (χ3v) is 4.63. The molecule has 0 aliphatic carbocycles. The van der Waals surface area contributed by atoms with E-state index in [2.05, 4.69) is 17.3 Å². The van der Waals surface area contributed by atoms with Crippen LogP contribution in [0.15, 0.2) is 65.5 Å². The Morgan fingerprint density at radius 3 is 2.39 bits per heavy atom. The van der Waals surface area contributed by atoms with Gasteiger partial charge in [0.2, 0.25) is 5.91 Å². The number of benzene rings is 2. The first-order chi connectivity index (χ1) is 13.5. The van der Waals surface area contributed by atoms with E-state index in [0.29, 0.717) is 19.4 Å². The van der Waals surface area contributed by atoms with Crippen molar-refractivity contribution in [2.75, 3.05) is 5.32 Å². The molecule has 144 valence electrons. The predicted octanol–water partition coefficient (Wildman–Crippen LogP) is 4.20. The number of hydrogen-bond acceptors (Lipinski definition) is 3. The number of nitrogens with zero attached hydrogens (tertiary/aromatic N) is 2. The van der Waals surface area contributed by atoms with Crippen molar-refractivity contribution in [3.63, 3.8) is 0 Å². The molecule has 0 saturated carbocycles. The van der Waals surface area contributed by atoms with Gasteiger partial charge in [0.05, 0.1) is 5.69 Å². The van der Waals surface area contributed by atoms with Crippen LogP contribution >= 0.6 is 0 Å². The second kappa shape index (κ2) is 9.13. The van der Waals surface area contributed by atoms with E-state index in [1.54, 1.807) is 6.07 Å². The SMILES string of the molecule is CCc1ccc(NC(=O)CCCn2nc(-c3ccc(C)cc3)ccc2=O)cc1. The minimum Gasteiger partial charge on any atom is -0.326 e. The number of hydrogen-bond donors (Lipinski definition) is 1. The maximum absolute atomic E-state index is 12.1. The smallest absolute Gasteiger partial charge is 0.266 e. The van der Waals surface area contributed by atoms with E-state index in [9.17, 15) is 9.59 Å². The van der Waals surface area contributed by atoms with Gasteiger partial charge in [-0.05, 0) is 43.5 Å². The average molecular weight is 375 g/mol. The zero-order chi connectivity index (χ0) is 19.9. The third kappa shape index (κ3) is 5.16. The summed E-state index contributed by atoms with van der Waals surface area (Å²) in [6, 6.07) is 19.1. The van der Waals surface area contributed by atoms with E-state index < -0.39 is 0 Å². The van der Waals surface area contributed by atoms with Crippen LogP contribution in [-0.4, -0.2) is 15.7 Å². The van der Waals surface area contributed by atoms with E-state index >= 15 is 0 Å². The van der Waals surface area contributed by atoms with Gasteiger partial charge >= 0.3 is 0 Å². The molecule has 0 radical (unpaired) electrons. The highest BCUT2D eigenvalue weighted by Gasteiger charge is 2.06. The summed E-state index contributed by atoms with van der Waals surface area (Å²) in [4.78, 5) is 24.2. The number of aryl methyl sites for hydroxylation is 3. The lowest BCUT2D eigenvalue weighted by molar-refractivity contribution is -0.116. The van der Waals surface area contributed by atoms with Gasteiger partial charge in [-0.25, -0.2) is 4.68 Å². The minimum atomic E-state index is -0.161. The third-order valence-electron chi connectivity index (χ3n) is 4.63. The van der Waals surface area contributed by atoms with Crippen molar-refractivity contribution in [2.45, 2.75) is 39.7 Å². The van der Waals surface area contributed by atoms with Gasteiger partial charge in [-0.15, -0.1) is 0 Å². The zero-order valence-electron chi connectivity index (χ0n) is 16.3. The van der Waals surface area contributed by atoms with Gasteiger partial charge in [0.1, 0.15) is 0 Å². The molecule has 3 rings (SSSR count). The fraction of sp³-hybridized carbons (Fsp3) is 0.261. The normalized spacial score (nSPS) is 10.6. The maximum Gasteiger partial charge on any atom is 0.266 e. The van der Waals surface area contributed by atoms with Gasteiger partial charge in [-0.1, -0.05) is 48.9 Å². The van der Waals surface area contributed by atoms with Gasteiger partial charge in [-0.2, -0.15) is 5.10 Å². The molecule has 0 bridgehead atoms. The summed E-state index contributed by atoms with van der Waals surface area (Å²) < 4.78 is 1.43. The molecule has 0 atom stereocenters. The summed E-state index contributed by atoms with van der Waals surface area (Å²) in [6.07, 6.45) is 1.85. The molecule has 1 heterocycles. The summed E-state index contributed by atoms with van der Waals surface area (Å²) in [7, 11) is 0. The van der Waals surface area contributed by atoms with Crippen LogP contribution in [0.1, 0.15) is 30.9 Å². The average Bonchev–Trinajstić information content (AvgIpc) is 2.70. The van der Waals surface area contributed by atoms with E-state index in [-0.39, 0.29) is 11.5 Å². The van der Waals surface area contributed by atoms with Crippen molar-refractivity contribution >= 4 is 11.6 Å². The molecular weight excluding hydrogens is 350 g/mol. The fourth-order valence-corrected chi connectivity index (χ4v) is 2.92. The van der Waals surface area contributed by atoms with Crippen LogP contribution in [0.5, 0.6) is 0 Å². The fourth-order valence-electron chi connectivity index (χ4n) is 2.92. The molecular formula is C23H25N3O2. The van der Waals surface area contributed by atoms with Crippen LogP contribution in [0.25, 0.3) is 11.3 Å². The van der Waals surface area contributed by atoms with Crippen LogP contribution in [0.3, 0.4) is 0 Å². The molecule has 5 nitrogen and oxygen atoms in total. The summed E-state index contributed by atoms with van der Waals surface area (Å²) >= 11 is 0. The van der Waals surface area contributed by atoms with Crippen LogP contribution in [0.2, 0.25) is 0 Å². The molecule has 28 heavy (non-hydrogen) atoms. The highest BCUT2D eigenvalue weighted by molar-refractivity contribution is 5.90. The molecule has 0 saturated heterocycles. The quantitative estimate of drug-likeness (QED) is 0.673. The monoisotopic (exact) mass is 375 g/mol. The maximum atomic E-state index is 12.1. The molecule has 1 amide bonds. The first-order valence-electron chi connectivity index (χ1n) is 9.59. The summed E-state index contributed by atoms with van der Waals surface area (Å²) in [5.74, 6) is -0.0630. The van der Waals surface area contributed by atoms with Crippen molar-refractivity contribution in [1.82, 2.24) is 9.78 Å². The van der Waals surface area contributed by atoms with E-state index in [1.807, 2.05) is 55.5 Å². The number of aromatic nitrogens is 2. The van der Waals surface area contributed by atoms with Gasteiger partial charge in [0.25, 0.3) is 5.56 Å². The Hall–Kier alpha value is -3.21. The largest absolute Gasteiger partial charge is 0.326 e. The minimum absolute atomic E-state index is 0.0630. The molecule has 0 fully saturated rings. The van der Waals surface area contributed by atoms with Crippen molar-refractivity contribution in [3.8, 4) is 11.3 Å². The lowest BCUT2D eigenvalue weighted by Gasteiger charge is -2.08. The number of amides is 1. The second-order valence-corrected chi connectivity index (χ2v) is 6.85. The van der Waals surface area contributed by atoms with Crippen molar-refractivity contribution in [2.24, 2.45) is 0 Å². The van der Waals surface area contributed by atoms with Crippen LogP contribution in [-0.2, 0) is 17.8 Å². The Balaban J connectivity index is 1.57. The molecule has 0 aliphatic heterocycles. The molecule has 0 aliphatic rings. The summed E-state index contributed by atoms with van der Waals surface area (Å²) in [5.41, 5.74) is 4.75. The second-order valence-electron chi connectivity index (χ2n) is 6.85. The number of anilines is 1. The van der Waals surface area contributed by atoms with Gasteiger partial charge in [-0.3, -0.25) is 9.59 Å². The van der Waals surface area contributed by atoms with Gasteiger partial charge in [0, 0.05) is 30.3 Å². The molecule has 5 heteroatoms. The molecule has 0 spiro atoms. The first kappa shape index (κ1) is 19.5. The molecule has 3 aromatic rings. The predicted molar refractivity (Wildman–Crippen MR) is 112 cm³/mol. The van der Waals surface area contributed by atoms with E-state index in [1.165, 1.54) is 21.9 Å². The standard InChI is InChI=1S/C23H25N3O2/c1-3-18-8-12-20(13-9-18)24-22(27)5-4-16-26-23(28)15-14-21(25-26)19-10-6-17(2)7-11-19/h6-15H,3-5,16H2,1-2H3,(H,24,27). The van der Waals surface area contributed by atoms with Crippen molar-refractivity contribution in [1.29, 1.82) is 0 Å². The van der Waals surface area contributed by atoms with Crippen LogP contribution in [0, 0.1) is 6.92 Å². The molecule has 1 N–H and O–H groups in total. The van der Waals surface area contributed by atoms with E-state index in [0.717, 1.165) is 23.4 Å². The van der Waals surface area contributed by atoms with E-state index in [4.69, 9.17) is 0 Å². The van der Waals surface area contributed by atoms with Crippen molar-refractivity contribution < 1.29 is 4.79 Å². The molecule has 2 aromatic carbocycles.